The molecule has 0 fully saturated rings. The van der Waals surface area contributed by atoms with Gasteiger partial charge in [0.15, 0.2) is 0 Å². The molecule has 0 saturated heterocycles. The summed E-state index contributed by atoms with van der Waals surface area (Å²) in [5, 5.41) is 8.96. The van der Waals surface area contributed by atoms with Gasteiger partial charge in [0.1, 0.15) is 5.75 Å². The van der Waals surface area contributed by atoms with Crippen LogP contribution in [0.3, 0.4) is 0 Å². The number of methoxy groups -OCH3 is 1. The highest BCUT2D eigenvalue weighted by Crippen LogP contribution is 2.43. The second kappa shape index (κ2) is 4.65. The third-order valence-electron chi connectivity index (χ3n) is 3.26. The summed E-state index contributed by atoms with van der Waals surface area (Å²) in [6.07, 6.45) is 0.157. The number of rotatable bonds is 4. The smallest absolute Gasteiger partial charge is 0.304 e. The molecule has 1 aliphatic heterocycles. The Balaban J connectivity index is 2.41. The monoisotopic (exact) mass is 235 g/mol. The summed E-state index contributed by atoms with van der Waals surface area (Å²) < 4.78 is 5.34. The fourth-order valence-electron chi connectivity index (χ4n) is 2.53. The van der Waals surface area contributed by atoms with E-state index in [2.05, 4.69) is 11.8 Å². The molecular weight excluding hydrogens is 218 g/mol. The van der Waals surface area contributed by atoms with Crippen molar-refractivity contribution in [3.05, 3.63) is 23.8 Å². The van der Waals surface area contributed by atoms with Crippen LogP contribution in [0.25, 0.3) is 0 Å². The summed E-state index contributed by atoms with van der Waals surface area (Å²) in [4.78, 5) is 13.1. The Morgan fingerprint density at radius 2 is 2.35 bits per heavy atom. The number of aliphatic carboxylic acids is 1. The van der Waals surface area contributed by atoms with Crippen LogP contribution >= 0.6 is 0 Å². The van der Waals surface area contributed by atoms with Crippen LogP contribution in [-0.2, 0) is 4.79 Å². The van der Waals surface area contributed by atoms with Gasteiger partial charge < -0.3 is 14.7 Å². The lowest BCUT2D eigenvalue weighted by Crippen LogP contribution is -2.21. The Bertz CT molecular complexity index is 431. The molecule has 0 aromatic heterocycles. The first-order valence-corrected chi connectivity index (χ1v) is 5.81. The lowest BCUT2D eigenvalue weighted by atomic mass is 9.97. The average molecular weight is 235 g/mol. The number of carboxylic acid groups (broad SMARTS) is 1. The maximum atomic E-state index is 10.9. The van der Waals surface area contributed by atoms with Crippen LogP contribution in [0.2, 0.25) is 0 Å². The van der Waals surface area contributed by atoms with E-state index >= 15 is 0 Å². The normalized spacial score (nSPS) is 18.0. The molecule has 0 radical (unpaired) electrons. The number of nitrogens with zero attached hydrogens (tertiary/aromatic N) is 1. The molecule has 4 heteroatoms. The Labute approximate surface area is 101 Å². The minimum Gasteiger partial charge on any atom is -0.496 e. The second-order valence-corrected chi connectivity index (χ2v) is 4.23. The minimum atomic E-state index is -0.759. The van der Waals surface area contributed by atoms with Gasteiger partial charge in [-0.2, -0.15) is 0 Å². The molecule has 0 bridgehead atoms. The second-order valence-electron chi connectivity index (χ2n) is 4.23. The van der Waals surface area contributed by atoms with Crippen molar-refractivity contribution < 1.29 is 14.6 Å². The molecule has 1 atom stereocenters. The van der Waals surface area contributed by atoms with Gasteiger partial charge >= 0.3 is 5.97 Å². The number of benzene rings is 1. The summed E-state index contributed by atoms with van der Waals surface area (Å²) in [6, 6.07) is 5.87. The Hall–Kier alpha value is -1.71. The largest absolute Gasteiger partial charge is 0.496 e. The Morgan fingerprint density at radius 3 is 2.94 bits per heavy atom. The van der Waals surface area contributed by atoms with Gasteiger partial charge in [-0.15, -0.1) is 0 Å². The van der Waals surface area contributed by atoms with Crippen LogP contribution < -0.4 is 9.64 Å². The maximum Gasteiger partial charge on any atom is 0.304 e. The van der Waals surface area contributed by atoms with Crippen molar-refractivity contribution in [2.45, 2.75) is 19.3 Å². The third kappa shape index (κ3) is 2.07. The van der Waals surface area contributed by atoms with Crippen molar-refractivity contribution in [2.75, 3.05) is 25.1 Å². The van der Waals surface area contributed by atoms with E-state index in [1.165, 1.54) is 0 Å². The van der Waals surface area contributed by atoms with Gasteiger partial charge in [-0.25, -0.2) is 0 Å². The SMILES string of the molecule is CCN1CC(CC(=O)O)c2c(OC)cccc21. The summed E-state index contributed by atoms with van der Waals surface area (Å²) >= 11 is 0. The molecule has 1 aliphatic rings. The average Bonchev–Trinajstić information content (AvgIpc) is 2.66. The van der Waals surface area contributed by atoms with E-state index in [-0.39, 0.29) is 12.3 Å². The molecule has 1 aromatic carbocycles. The van der Waals surface area contributed by atoms with Crippen molar-refractivity contribution in [1.29, 1.82) is 0 Å². The molecule has 1 N–H and O–H groups in total. The number of anilines is 1. The van der Waals surface area contributed by atoms with E-state index < -0.39 is 5.97 Å². The lowest BCUT2D eigenvalue weighted by molar-refractivity contribution is -0.137. The first kappa shape index (κ1) is 11.8. The predicted octanol–water partition coefficient (Wildman–Crippen LogP) is 2.09. The van der Waals surface area contributed by atoms with Crippen LogP contribution in [0, 0.1) is 0 Å². The van der Waals surface area contributed by atoms with Crippen molar-refractivity contribution in [3.8, 4) is 5.75 Å². The van der Waals surface area contributed by atoms with E-state index in [4.69, 9.17) is 9.84 Å². The zero-order chi connectivity index (χ0) is 12.4. The molecule has 0 saturated carbocycles. The van der Waals surface area contributed by atoms with Crippen molar-refractivity contribution in [2.24, 2.45) is 0 Å². The van der Waals surface area contributed by atoms with Gasteiger partial charge in [-0.05, 0) is 19.1 Å². The Morgan fingerprint density at radius 1 is 1.59 bits per heavy atom. The van der Waals surface area contributed by atoms with Crippen LogP contribution in [0.15, 0.2) is 18.2 Å². The van der Waals surface area contributed by atoms with Gasteiger partial charge in [0.05, 0.1) is 13.5 Å². The molecule has 17 heavy (non-hydrogen) atoms. The van der Waals surface area contributed by atoms with Crippen LogP contribution in [-0.4, -0.2) is 31.3 Å². The number of carbonyl (C=O) groups is 1. The predicted molar refractivity (Wildman–Crippen MR) is 65.9 cm³/mol. The van der Waals surface area contributed by atoms with Gasteiger partial charge in [-0.3, -0.25) is 4.79 Å². The van der Waals surface area contributed by atoms with Crippen molar-refractivity contribution in [1.82, 2.24) is 0 Å². The molecule has 2 rings (SSSR count). The van der Waals surface area contributed by atoms with Gasteiger partial charge in [0, 0.05) is 30.3 Å². The standard InChI is InChI=1S/C13H17NO3/c1-3-14-8-9(7-12(15)16)13-10(14)5-4-6-11(13)17-2/h4-6,9H,3,7-8H2,1-2H3,(H,15,16). The number of ether oxygens (including phenoxy) is 1. The topological polar surface area (TPSA) is 49.8 Å². The number of carboxylic acids is 1. The van der Waals surface area contributed by atoms with Gasteiger partial charge in [0.25, 0.3) is 0 Å². The zero-order valence-corrected chi connectivity index (χ0v) is 10.1. The molecule has 4 nitrogen and oxygen atoms in total. The zero-order valence-electron chi connectivity index (χ0n) is 10.1. The van der Waals surface area contributed by atoms with E-state index in [0.29, 0.717) is 0 Å². The van der Waals surface area contributed by atoms with Crippen molar-refractivity contribution in [3.63, 3.8) is 0 Å². The number of hydrogen-bond acceptors (Lipinski definition) is 3. The minimum absolute atomic E-state index is 0.0265. The maximum absolute atomic E-state index is 10.9. The summed E-state index contributed by atoms with van der Waals surface area (Å²) in [7, 11) is 1.63. The highest BCUT2D eigenvalue weighted by molar-refractivity contribution is 5.73. The molecule has 0 amide bonds. The van der Waals surface area contributed by atoms with E-state index in [1.807, 2.05) is 18.2 Å². The molecule has 1 aromatic rings. The summed E-state index contributed by atoms with van der Waals surface area (Å²) in [6.45, 7) is 3.72. The van der Waals surface area contributed by atoms with E-state index in [1.54, 1.807) is 7.11 Å². The lowest BCUT2D eigenvalue weighted by Gasteiger charge is -2.16. The van der Waals surface area contributed by atoms with E-state index in [0.717, 1.165) is 30.1 Å². The van der Waals surface area contributed by atoms with Crippen molar-refractivity contribution >= 4 is 11.7 Å². The highest BCUT2D eigenvalue weighted by Gasteiger charge is 2.32. The van der Waals surface area contributed by atoms with Crippen LogP contribution in [0.5, 0.6) is 5.75 Å². The van der Waals surface area contributed by atoms with Gasteiger partial charge in [0.2, 0.25) is 0 Å². The first-order valence-electron chi connectivity index (χ1n) is 5.81. The fraction of sp³-hybridized carbons (Fsp3) is 0.462. The Kier molecular flexibility index (Phi) is 3.22. The summed E-state index contributed by atoms with van der Waals surface area (Å²) in [5.41, 5.74) is 2.15. The molecule has 0 spiro atoms. The molecule has 92 valence electrons. The summed E-state index contributed by atoms with van der Waals surface area (Å²) in [5.74, 6) is 0.0631. The number of fused-ring (bicyclic) bond motifs is 1. The molecule has 1 heterocycles. The fourth-order valence-corrected chi connectivity index (χ4v) is 2.53. The molecular formula is C13H17NO3. The van der Waals surface area contributed by atoms with Crippen LogP contribution in [0.4, 0.5) is 5.69 Å². The first-order chi connectivity index (χ1) is 8.17. The number of likely N-dealkylation sites (N-methyl/N-ethyl adjacent to an activating group) is 1. The van der Waals surface area contributed by atoms with Gasteiger partial charge in [-0.1, -0.05) is 6.07 Å². The van der Waals surface area contributed by atoms with Crippen LogP contribution in [0.1, 0.15) is 24.8 Å². The molecule has 0 aliphatic carbocycles. The van der Waals surface area contributed by atoms with E-state index in [9.17, 15) is 4.79 Å². The molecule has 1 unspecified atom stereocenters. The highest BCUT2D eigenvalue weighted by atomic mass is 16.5. The number of hydrogen-bond donors (Lipinski definition) is 1. The third-order valence-corrected chi connectivity index (χ3v) is 3.26. The quantitative estimate of drug-likeness (QED) is 0.868.